The molecule has 0 aliphatic carbocycles. The standard InChI is InChI=1S/C17H17BrN2O/c1-12-4-5-14(18)11-15(12)17(21)20-10-2-3-16(20)13-6-8-19-9-7-13/h4-9,11,16H,2-3,10H2,1H3. The van der Waals surface area contributed by atoms with E-state index in [2.05, 4.69) is 20.9 Å². The zero-order chi connectivity index (χ0) is 14.8. The van der Waals surface area contributed by atoms with E-state index < -0.39 is 0 Å². The van der Waals surface area contributed by atoms with E-state index in [9.17, 15) is 4.79 Å². The van der Waals surface area contributed by atoms with Gasteiger partial charge in [0.15, 0.2) is 0 Å². The Bertz CT molecular complexity index is 657. The predicted molar refractivity (Wildman–Crippen MR) is 86.1 cm³/mol. The van der Waals surface area contributed by atoms with Crippen LogP contribution in [0.1, 0.15) is 40.4 Å². The molecule has 0 N–H and O–H groups in total. The highest BCUT2D eigenvalue weighted by Gasteiger charge is 2.31. The second kappa shape index (κ2) is 5.98. The first-order valence-corrected chi connectivity index (χ1v) is 7.93. The van der Waals surface area contributed by atoms with Crippen molar-refractivity contribution in [2.24, 2.45) is 0 Å². The molecule has 1 aromatic carbocycles. The van der Waals surface area contributed by atoms with Crippen LogP contribution in [0, 0.1) is 6.92 Å². The number of aromatic nitrogens is 1. The van der Waals surface area contributed by atoms with Crippen LogP contribution in [0.4, 0.5) is 0 Å². The highest BCUT2D eigenvalue weighted by atomic mass is 79.9. The topological polar surface area (TPSA) is 33.2 Å². The molecule has 1 aliphatic rings. The predicted octanol–water partition coefficient (Wildman–Crippen LogP) is 4.13. The number of amides is 1. The summed E-state index contributed by atoms with van der Waals surface area (Å²) in [4.78, 5) is 18.9. The molecule has 0 radical (unpaired) electrons. The Morgan fingerprint density at radius 3 is 2.81 bits per heavy atom. The summed E-state index contributed by atoms with van der Waals surface area (Å²) in [7, 11) is 0. The third kappa shape index (κ3) is 2.86. The van der Waals surface area contributed by atoms with E-state index in [0.717, 1.165) is 35.0 Å². The van der Waals surface area contributed by atoms with E-state index >= 15 is 0 Å². The van der Waals surface area contributed by atoms with Crippen molar-refractivity contribution in [1.29, 1.82) is 0 Å². The quantitative estimate of drug-likeness (QED) is 0.820. The van der Waals surface area contributed by atoms with Gasteiger partial charge in [-0.05, 0) is 55.2 Å². The third-order valence-corrected chi connectivity index (χ3v) is 4.53. The molecule has 108 valence electrons. The Morgan fingerprint density at radius 2 is 2.05 bits per heavy atom. The Balaban J connectivity index is 1.92. The van der Waals surface area contributed by atoms with Crippen molar-refractivity contribution in [3.63, 3.8) is 0 Å². The number of hydrogen-bond donors (Lipinski definition) is 0. The van der Waals surface area contributed by atoms with Crippen LogP contribution in [0.5, 0.6) is 0 Å². The second-order valence-electron chi connectivity index (χ2n) is 5.40. The van der Waals surface area contributed by atoms with Crippen molar-refractivity contribution in [2.45, 2.75) is 25.8 Å². The molecule has 1 aliphatic heterocycles. The lowest BCUT2D eigenvalue weighted by Gasteiger charge is -2.25. The van der Waals surface area contributed by atoms with E-state index in [-0.39, 0.29) is 11.9 Å². The van der Waals surface area contributed by atoms with Gasteiger partial charge in [0.1, 0.15) is 0 Å². The molecular weight excluding hydrogens is 328 g/mol. The third-order valence-electron chi connectivity index (χ3n) is 4.03. The minimum atomic E-state index is 0.119. The van der Waals surface area contributed by atoms with Crippen molar-refractivity contribution in [3.8, 4) is 0 Å². The van der Waals surface area contributed by atoms with Gasteiger partial charge in [-0.1, -0.05) is 22.0 Å². The summed E-state index contributed by atoms with van der Waals surface area (Å²) in [6, 6.07) is 10.0. The van der Waals surface area contributed by atoms with Crippen molar-refractivity contribution < 1.29 is 4.79 Å². The van der Waals surface area contributed by atoms with Gasteiger partial charge in [0.05, 0.1) is 6.04 Å². The summed E-state index contributed by atoms with van der Waals surface area (Å²) >= 11 is 3.45. The fourth-order valence-electron chi connectivity index (χ4n) is 2.92. The summed E-state index contributed by atoms with van der Waals surface area (Å²) in [6.45, 7) is 2.80. The summed E-state index contributed by atoms with van der Waals surface area (Å²) in [5.74, 6) is 0.119. The number of halogens is 1. The number of pyridine rings is 1. The van der Waals surface area contributed by atoms with Crippen molar-refractivity contribution in [1.82, 2.24) is 9.88 Å². The van der Waals surface area contributed by atoms with E-state index in [4.69, 9.17) is 0 Å². The normalized spacial score (nSPS) is 18.0. The molecule has 0 saturated carbocycles. The Hall–Kier alpha value is -1.68. The average Bonchev–Trinajstić information content (AvgIpc) is 2.99. The number of likely N-dealkylation sites (tertiary alicyclic amines) is 1. The second-order valence-corrected chi connectivity index (χ2v) is 6.31. The lowest BCUT2D eigenvalue weighted by molar-refractivity contribution is 0.0735. The monoisotopic (exact) mass is 344 g/mol. The van der Waals surface area contributed by atoms with Gasteiger partial charge >= 0.3 is 0 Å². The fraction of sp³-hybridized carbons (Fsp3) is 0.294. The summed E-state index contributed by atoms with van der Waals surface area (Å²) in [6.07, 6.45) is 5.65. The van der Waals surface area contributed by atoms with Crippen LogP contribution in [0.2, 0.25) is 0 Å². The van der Waals surface area contributed by atoms with E-state index in [1.807, 2.05) is 42.2 Å². The molecule has 21 heavy (non-hydrogen) atoms. The maximum absolute atomic E-state index is 12.9. The molecule has 4 heteroatoms. The van der Waals surface area contributed by atoms with Crippen molar-refractivity contribution >= 4 is 21.8 Å². The summed E-state index contributed by atoms with van der Waals surface area (Å²) in [5.41, 5.74) is 2.97. The maximum atomic E-state index is 12.9. The van der Waals surface area contributed by atoms with Gasteiger partial charge in [0, 0.05) is 29.0 Å². The Labute approximate surface area is 133 Å². The molecule has 1 amide bonds. The molecule has 0 spiro atoms. The number of carbonyl (C=O) groups is 1. The minimum Gasteiger partial charge on any atom is -0.332 e. The lowest BCUT2D eigenvalue weighted by atomic mass is 10.0. The molecule has 1 aromatic heterocycles. The number of aryl methyl sites for hydroxylation is 1. The first kappa shape index (κ1) is 14.3. The van der Waals surface area contributed by atoms with Gasteiger partial charge in [-0.15, -0.1) is 0 Å². The molecule has 1 atom stereocenters. The first-order valence-electron chi connectivity index (χ1n) is 7.14. The van der Waals surface area contributed by atoms with Crippen LogP contribution in [0.25, 0.3) is 0 Å². The molecule has 2 heterocycles. The van der Waals surface area contributed by atoms with E-state index in [1.165, 1.54) is 5.56 Å². The molecule has 1 saturated heterocycles. The van der Waals surface area contributed by atoms with Gasteiger partial charge < -0.3 is 4.90 Å². The van der Waals surface area contributed by atoms with E-state index in [0.29, 0.717) is 0 Å². The van der Waals surface area contributed by atoms with Crippen LogP contribution in [-0.2, 0) is 0 Å². The zero-order valence-corrected chi connectivity index (χ0v) is 13.5. The first-order chi connectivity index (χ1) is 10.2. The largest absolute Gasteiger partial charge is 0.332 e. The molecule has 3 nitrogen and oxygen atoms in total. The van der Waals surface area contributed by atoms with Gasteiger partial charge in [0.2, 0.25) is 0 Å². The lowest BCUT2D eigenvalue weighted by Crippen LogP contribution is -2.31. The maximum Gasteiger partial charge on any atom is 0.254 e. The molecule has 1 fully saturated rings. The number of carbonyl (C=O) groups excluding carboxylic acids is 1. The highest BCUT2D eigenvalue weighted by Crippen LogP contribution is 2.33. The van der Waals surface area contributed by atoms with Crippen LogP contribution in [-0.4, -0.2) is 22.3 Å². The van der Waals surface area contributed by atoms with Crippen LogP contribution in [0.15, 0.2) is 47.2 Å². The number of rotatable bonds is 2. The van der Waals surface area contributed by atoms with Gasteiger partial charge in [-0.2, -0.15) is 0 Å². The van der Waals surface area contributed by atoms with Crippen molar-refractivity contribution in [3.05, 3.63) is 63.9 Å². The van der Waals surface area contributed by atoms with Gasteiger partial charge in [-0.25, -0.2) is 0 Å². The van der Waals surface area contributed by atoms with Gasteiger partial charge in [-0.3, -0.25) is 9.78 Å². The molecule has 0 bridgehead atoms. The smallest absolute Gasteiger partial charge is 0.254 e. The average molecular weight is 345 g/mol. The highest BCUT2D eigenvalue weighted by molar-refractivity contribution is 9.10. The number of hydrogen-bond acceptors (Lipinski definition) is 2. The fourth-order valence-corrected chi connectivity index (χ4v) is 3.28. The van der Waals surface area contributed by atoms with Crippen LogP contribution < -0.4 is 0 Å². The molecule has 1 unspecified atom stereocenters. The molecular formula is C17H17BrN2O. The Kier molecular flexibility index (Phi) is 4.06. The summed E-state index contributed by atoms with van der Waals surface area (Å²) in [5, 5.41) is 0. The minimum absolute atomic E-state index is 0.119. The molecule has 2 aromatic rings. The number of nitrogens with zero attached hydrogens (tertiary/aromatic N) is 2. The van der Waals surface area contributed by atoms with Crippen LogP contribution in [0.3, 0.4) is 0 Å². The number of benzene rings is 1. The zero-order valence-electron chi connectivity index (χ0n) is 11.9. The molecule has 3 rings (SSSR count). The van der Waals surface area contributed by atoms with Crippen molar-refractivity contribution in [2.75, 3.05) is 6.54 Å². The SMILES string of the molecule is Cc1ccc(Br)cc1C(=O)N1CCCC1c1ccncc1. The van der Waals surface area contributed by atoms with E-state index in [1.54, 1.807) is 12.4 Å². The van der Waals surface area contributed by atoms with Crippen LogP contribution >= 0.6 is 15.9 Å². The Morgan fingerprint density at radius 1 is 1.29 bits per heavy atom. The van der Waals surface area contributed by atoms with Gasteiger partial charge in [0.25, 0.3) is 5.91 Å². The summed E-state index contributed by atoms with van der Waals surface area (Å²) < 4.78 is 0.941.